The van der Waals surface area contributed by atoms with Gasteiger partial charge < -0.3 is 0 Å². The van der Waals surface area contributed by atoms with Crippen molar-refractivity contribution in [2.24, 2.45) is 0 Å². The molecule has 2 heterocycles. The summed E-state index contributed by atoms with van der Waals surface area (Å²) in [6.07, 6.45) is 1.74. The molecule has 0 aliphatic carbocycles. The van der Waals surface area contributed by atoms with Crippen molar-refractivity contribution in [2.45, 2.75) is 6.92 Å². The molecule has 22 heavy (non-hydrogen) atoms. The molecule has 4 heteroatoms. The molecule has 0 spiro atoms. The highest BCUT2D eigenvalue weighted by Gasteiger charge is 2.14. The van der Waals surface area contributed by atoms with Gasteiger partial charge in [-0.1, -0.05) is 42.0 Å². The Kier molecular flexibility index (Phi) is 2.67. The van der Waals surface area contributed by atoms with Crippen LogP contribution in [0, 0.1) is 18.3 Å². The molecule has 0 N–H and O–H groups in total. The second kappa shape index (κ2) is 4.68. The lowest BCUT2D eigenvalue weighted by Crippen LogP contribution is -1.96. The third-order valence-electron chi connectivity index (χ3n) is 3.80. The molecule has 4 rings (SSSR count). The second-order valence-electron chi connectivity index (χ2n) is 5.24. The van der Waals surface area contributed by atoms with Gasteiger partial charge in [0.15, 0.2) is 5.65 Å². The van der Waals surface area contributed by atoms with Gasteiger partial charge in [-0.2, -0.15) is 5.26 Å². The molecule has 0 radical (unpaired) electrons. The largest absolute Gasteiger partial charge is 0.282 e. The van der Waals surface area contributed by atoms with Gasteiger partial charge in [-0.15, -0.1) is 0 Å². The lowest BCUT2D eigenvalue weighted by molar-refractivity contribution is 1.11. The number of rotatable bonds is 1. The van der Waals surface area contributed by atoms with E-state index in [1.807, 2.05) is 59.9 Å². The number of hydrogen-bond acceptors (Lipinski definition) is 3. The van der Waals surface area contributed by atoms with Gasteiger partial charge >= 0.3 is 0 Å². The summed E-state index contributed by atoms with van der Waals surface area (Å²) in [5.74, 6) is 0. The van der Waals surface area contributed by atoms with E-state index in [-0.39, 0.29) is 0 Å². The van der Waals surface area contributed by atoms with E-state index in [1.54, 1.807) is 6.33 Å². The minimum Gasteiger partial charge on any atom is -0.282 e. The molecule has 0 saturated heterocycles. The van der Waals surface area contributed by atoms with E-state index in [1.165, 1.54) is 5.56 Å². The predicted molar refractivity (Wildman–Crippen MR) is 85.4 cm³/mol. The Morgan fingerprint density at radius 3 is 2.59 bits per heavy atom. The van der Waals surface area contributed by atoms with Crippen LogP contribution in [0.2, 0.25) is 0 Å². The maximum absolute atomic E-state index is 9.61. The monoisotopic (exact) mass is 284 g/mol. The molecule has 0 fully saturated rings. The Bertz CT molecular complexity index is 1040. The zero-order valence-corrected chi connectivity index (χ0v) is 12.0. The average Bonchev–Trinajstić information content (AvgIpc) is 2.93. The van der Waals surface area contributed by atoms with Crippen LogP contribution in [-0.2, 0) is 0 Å². The van der Waals surface area contributed by atoms with E-state index < -0.39 is 0 Å². The SMILES string of the molecule is Cc1ccc(-c2ncn3c(nc4ccccc43)c2C#N)cc1. The molecular formula is C18H12N4. The van der Waals surface area contributed by atoms with Gasteiger partial charge in [0.05, 0.1) is 16.7 Å². The molecule has 4 aromatic rings. The van der Waals surface area contributed by atoms with Crippen LogP contribution in [0.5, 0.6) is 0 Å². The quantitative estimate of drug-likeness (QED) is 0.535. The predicted octanol–water partition coefficient (Wildman–Crippen LogP) is 3.73. The first-order valence-electron chi connectivity index (χ1n) is 7.01. The molecule has 104 valence electrons. The smallest absolute Gasteiger partial charge is 0.159 e. The highest BCUT2D eigenvalue weighted by Crippen LogP contribution is 2.26. The molecule has 0 bridgehead atoms. The van der Waals surface area contributed by atoms with Crippen molar-refractivity contribution in [1.29, 1.82) is 5.26 Å². The zero-order chi connectivity index (χ0) is 15.1. The van der Waals surface area contributed by atoms with Crippen LogP contribution in [0.15, 0.2) is 54.9 Å². The fourth-order valence-corrected chi connectivity index (χ4v) is 2.66. The molecule has 2 aromatic heterocycles. The molecule has 0 aliphatic rings. The van der Waals surface area contributed by atoms with Crippen LogP contribution < -0.4 is 0 Å². The van der Waals surface area contributed by atoms with Crippen molar-refractivity contribution in [3.05, 3.63) is 66.0 Å². The number of fused-ring (bicyclic) bond motifs is 3. The van der Waals surface area contributed by atoms with Gasteiger partial charge in [0.1, 0.15) is 18.0 Å². The summed E-state index contributed by atoms with van der Waals surface area (Å²) in [5, 5.41) is 9.61. The van der Waals surface area contributed by atoms with Crippen molar-refractivity contribution in [3.8, 4) is 17.3 Å². The average molecular weight is 284 g/mol. The number of aryl methyl sites for hydroxylation is 1. The van der Waals surface area contributed by atoms with Crippen LogP contribution in [0.3, 0.4) is 0 Å². The van der Waals surface area contributed by atoms with E-state index in [2.05, 4.69) is 16.0 Å². The van der Waals surface area contributed by atoms with Gasteiger partial charge in [-0.05, 0) is 19.1 Å². The number of para-hydroxylation sites is 2. The van der Waals surface area contributed by atoms with Crippen LogP contribution in [0.25, 0.3) is 27.9 Å². The second-order valence-corrected chi connectivity index (χ2v) is 5.24. The van der Waals surface area contributed by atoms with E-state index >= 15 is 0 Å². The Morgan fingerprint density at radius 1 is 1.05 bits per heavy atom. The number of hydrogen-bond donors (Lipinski definition) is 0. The molecule has 2 aromatic carbocycles. The van der Waals surface area contributed by atoms with Gasteiger partial charge in [0, 0.05) is 5.56 Å². The normalized spacial score (nSPS) is 10.9. The van der Waals surface area contributed by atoms with E-state index in [4.69, 9.17) is 0 Å². The highest BCUT2D eigenvalue weighted by atomic mass is 15.1. The minimum atomic E-state index is 0.502. The molecule has 4 nitrogen and oxygen atoms in total. The maximum Gasteiger partial charge on any atom is 0.159 e. The Labute approximate surface area is 127 Å². The summed E-state index contributed by atoms with van der Waals surface area (Å²) < 4.78 is 1.87. The van der Waals surface area contributed by atoms with Crippen molar-refractivity contribution in [3.63, 3.8) is 0 Å². The van der Waals surface area contributed by atoms with Crippen molar-refractivity contribution >= 4 is 16.7 Å². The van der Waals surface area contributed by atoms with Gasteiger partial charge in [-0.3, -0.25) is 4.40 Å². The number of nitriles is 1. The lowest BCUT2D eigenvalue weighted by Gasteiger charge is -2.05. The maximum atomic E-state index is 9.61. The van der Waals surface area contributed by atoms with Crippen LogP contribution in [0.1, 0.15) is 11.1 Å². The van der Waals surface area contributed by atoms with E-state index in [0.29, 0.717) is 16.9 Å². The lowest BCUT2D eigenvalue weighted by atomic mass is 10.1. The fraction of sp³-hybridized carbons (Fsp3) is 0.0556. The first-order valence-corrected chi connectivity index (χ1v) is 7.01. The van der Waals surface area contributed by atoms with Gasteiger partial charge in [0.25, 0.3) is 0 Å². The third kappa shape index (κ3) is 1.76. The van der Waals surface area contributed by atoms with Crippen molar-refractivity contribution in [1.82, 2.24) is 14.4 Å². The first kappa shape index (κ1) is 12.5. The minimum absolute atomic E-state index is 0.502. The zero-order valence-electron chi connectivity index (χ0n) is 12.0. The van der Waals surface area contributed by atoms with E-state index in [9.17, 15) is 5.26 Å². The van der Waals surface area contributed by atoms with Crippen molar-refractivity contribution < 1.29 is 0 Å². The van der Waals surface area contributed by atoms with Crippen LogP contribution in [0.4, 0.5) is 0 Å². The van der Waals surface area contributed by atoms with E-state index in [0.717, 1.165) is 16.6 Å². The number of aromatic nitrogens is 3. The molecule has 0 unspecified atom stereocenters. The molecule has 0 atom stereocenters. The Morgan fingerprint density at radius 2 is 1.82 bits per heavy atom. The van der Waals surface area contributed by atoms with Gasteiger partial charge in [-0.25, -0.2) is 9.97 Å². The molecule has 0 saturated carbocycles. The van der Waals surface area contributed by atoms with Crippen LogP contribution >= 0.6 is 0 Å². The number of benzene rings is 2. The highest BCUT2D eigenvalue weighted by molar-refractivity contribution is 5.85. The first-order chi connectivity index (χ1) is 10.8. The summed E-state index contributed by atoms with van der Waals surface area (Å²) in [7, 11) is 0. The summed E-state index contributed by atoms with van der Waals surface area (Å²) in [5.41, 5.74) is 5.74. The number of nitrogens with zero attached hydrogens (tertiary/aromatic N) is 4. The standard InChI is InChI=1S/C18H12N4/c1-12-6-8-13(9-7-12)17-14(10-19)18-21-15-4-2-3-5-16(15)22(18)11-20-17/h2-9,11H,1H3. The van der Waals surface area contributed by atoms with Gasteiger partial charge in [0.2, 0.25) is 0 Å². The van der Waals surface area contributed by atoms with Crippen LogP contribution in [-0.4, -0.2) is 14.4 Å². The Balaban J connectivity index is 2.07. The molecule has 0 aliphatic heterocycles. The summed E-state index contributed by atoms with van der Waals surface area (Å²) in [4.78, 5) is 9.09. The topological polar surface area (TPSA) is 54.0 Å². The summed E-state index contributed by atoms with van der Waals surface area (Å²) in [6.45, 7) is 2.03. The van der Waals surface area contributed by atoms with Crippen molar-refractivity contribution in [2.75, 3.05) is 0 Å². The fourth-order valence-electron chi connectivity index (χ4n) is 2.66. The number of imidazole rings is 1. The summed E-state index contributed by atoms with van der Waals surface area (Å²) in [6, 6.07) is 18.1. The molecule has 0 amide bonds. The third-order valence-corrected chi connectivity index (χ3v) is 3.80. The summed E-state index contributed by atoms with van der Waals surface area (Å²) >= 11 is 0. The Hall–Kier alpha value is -3.19. The molecular weight excluding hydrogens is 272 g/mol.